The molecule has 8 heteroatoms. The van der Waals surface area contributed by atoms with E-state index in [1.54, 1.807) is 21.6 Å². The van der Waals surface area contributed by atoms with Crippen LogP contribution in [-0.2, 0) is 14.4 Å². The Kier molecular flexibility index (Phi) is 13.7. The van der Waals surface area contributed by atoms with E-state index >= 15 is 0 Å². The average Bonchev–Trinajstić information content (AvgIpc) is 2.45. The molecule has 0 aromatic rings. The molecule has 0 aliphatic rings. The molecular formula is C13H25N3O3S2. The van der Waals surface area contributed by atoms with E-state index in [0.29, 0.717) is 32.5 Å². The van der Waals surface area contributed by atoms with Crippen LogP contribution in [0.2, 0.25) is 0 Å². The fraction of sp³-hybridized carbons (Fsp3) is 0.769. The van der Waals surface area contributed by atoms with Gasteiger partial charge >= 0.3 is 0 Å². The predicted octanol–water partition coefficient (Wildman–Crippen LogP) is 0.579. The Morgan fingerprint density at radius 1 is 0.810 bits per heavy atom. The second-order valence-corrected chi connectivity index (χ2v) is 7.10. The van der Waals surface area contributed by atoms with Crippen LogP contribution in [-0.4, -0.2) is 55.8 Å². The molecule has 122 valence electrons. The molecule has 0 aliphatic heterocycles. The second kappa shape index (κ2) is 14.2. The van der Waals surface area contributed by atoms with Gasteiger partial charge in [-0.15, -0.1) is 0 Å². The normalized spacial score (nSPS) is 10.2. The summed E-state index contributed by atoms with van der Waals surface area (Å²) in [6.45, 7) is 3.43. The van der Waals surface area contributed by atoms with Crippen LogP contribution >= 0.6 is 21.6 Å². The lowest BCUT2D eigenvalue weighted by molar-refractivity contribution is -0.124. The standard InChI is InChI=1S/C13H25N3O3S2/c1-11(17)3-4-12(18)15-7-9-20-21-10-8-16-13(19)5-6-14-2/h14H,3-10H2,1-2H3,(H,15,18)(H,16,19). The van der Waals surface area contributed by atoms with E-state index in [4.69, 9.17) is 0 Å². The average molecular weight is 335 g/mol. The van der Waals surface area contributed by atoms with Gasteiger partial charge in [0.2, 0.25) is 11.8 Å². The van der Waals surface area contributed by atoms with Crippen molar-refractivity contribution in [2.24, 2.45) is 0 Å². The minimum absolute atomic E-state index is 0.0341. The summed E-state index contributed by atoms with van der Waals surface area (Å²) < 4.78 is 0. The van der Waals surface area contributed by atoms with Crippen molar-refractivity contribution in [1.82, 2.24) is 16.0 Å². The molecule has 0 atom stereocenters. The number of hydrogen-bond acceptors (Lipinski definition) is 6. The summed E-state index contributed by atoms with van der Waals surface area (Å²) >= 11 is 0. The van der Waals surface area contributed by atoms with Crippen LogP contribution < -0.4 is 16.0 Å². The Morgan fingerprint density at radius 2 is 1.33 bits per heavy atom. The fourth-order valence-corrected chi connectivity index (χ4v) is 3.10. The summed E-state index contributed by atoms with van der Waals surface area (Å²) in [5, 5.41) is 8.53. The summed E-state index contributed by atoms with van der Waals surface area (Å²) in [5.74, 6) is 1.67. The minimum atomic E-state index is -0.0763. The predicted molar refractivity (Wildman–Crippen MR) is 89.4 cm³/mol. The highest BCUT2D eigenvalue weighted by Gasteiger charge is 2.03. The molecule has 0 bridgehead atoms. The first kappa shape index (κ1) is 20.3. The van der Waals surface area contributed by atoms with Crippen LogP contribution in [0.15, 0.2) is 0 Å². The summed E-state index contributed by atoms with van der Waals surface area (Å²) in [6.07, 6.45) is 1.08. The van der Waals surface area contributed by atoms with Gasteiger partial charge in [-0.1, -0.05) is 21.6 Å². The van der Waals surface area contributed by atoms with Crippen LogP contribution in [0.5, 0.6) is 0 Å². The summed E-state index contributed by atoms with van der Waals surface area (Å²) in [4.78, 5) is 33.3. The Hall–Kier alpha value is -0.730. The highest BCUT2D eigenvalue weighted by atomic mass is 33.1. The highest BCUT2D eigenvalue weighted by molar-refractivity contribution is 8.76. The van der Waals surface area contributed by atoms with Crippen molar-refractivity contribution in [2.45, 2.75) is 26.2 Å². The van der Waals surface area contributed by atoms with E-state index < -0.39 is 0 Å². The zero-order valence-corrected chi connectivity index (χ0v) is 14.3. The van der Waals surface area contributed by atoms with Crippen molar-refractivity contribution in [3.05, 3.63) is 0 Å². The van der Waals surface area contributed by atoms with Crippen LogP contribution in [0.1, 0.15) is 26.2 Å². The number of hydrogen-bond donors (Lipinski definition) is 3. The van der Waals surface area contributed by atoms with Gasteiger partial charge in [-0.05, 0) is 14.0 Å². The minimum Gasteiger partial charge on any atom is -0.355 e. The number of nitrogens with one attached hydrogen (secondary N) is 3. The van der Waals surface area contributed by atoms with E-state index in [2.05, 4.69) is 16.0 Å². The molecule has 0 unspecified atom stereocenters. The zero-order chi connectivity index (χ0) is 15.9. The van der Waals surface area contributed by atoms with Gasteiger partial charge in [0.25, 0.3) is 0 Å². The number of carbonyl (C=O) groups excluding carboxylic acids is 3. The van der Waals surface area contributed by atoms with Crippen molar-refractivity contribution >= 4 is 39.2 Å². The first-order chi connectivity index (χ1) is 10.1. The molecule has 0 saturated heterocycles. The molecule has 0 saturated carbocycles. The van der Waals surface area contributed by atoms with Crippen molar-refractivity contribution < 1.29 is 14.4 Å². The molecule has 0 heterocycles. The molecule has 0 aliphatic carbocycles. The largest absolute Gasteiger partial charge is 0.355 e. The Labute approximate surface area is 134 Å². The van der Waals surface area contributed by atoms with Gasteiger partial charge in [-0.3, -0.25) is 9.59 Å². The number of carbonyl (C=O) groups is 3. The summed E-state index contributed by atoms with van der Waals surface area (Å²) in [6, 6.07) is 0. The van der Waals surface area contributed by atoms with Gasteiger partial charge in [0.1, 0.15) is 5.78 Å². The number of amides is 2. The van der Waals surface area contributed by atoms with Gasteiger partial charge in [-0.2, -0.15) is 0 Å². The maximum absolute atomic E-state index is 11.3. The number of Topliss-reactive ketones (excluding diaryl/α,β-unsaturated/α-hetero) is 1. The SMILES string of the molecule is CNCCC(=O)NCCSSCCNC(=O)CCC(C)=O. The Morgan fingerprint density at radius 3 is 1.81 bits per heavy atom. The summed E-state index contributed by atoms with van der Waals surface area (Å²) in [7, 11) is 5.15. The van der Waals surface area contributed by atoms with Gasteiger partial charge in [0.05, 0.1) is 0 Å². The monoisotopic (exact) mass is 335 g/mol. The Bertz CT molecular complexity index is 328. The lowest BCUT2D eigenvalue weighted by Crippen LogP contribution is -2.28. The first-order valence-corrected chi connectivity index (χ1v) is 9.47. The number of ketones is 1. The third kappa shape index (κ3) is 15.5. The number of rotatable bonds is 13. The molecule has 0 spiro atoms. The Balaban J connectivity index is 3.27. The van der Waals surface area contributed by atoms with Crippen LogP contribution in [0, 0.1) is 0 Å². The molecule has 3 N–H and O–H groups in total. The van der Waals surface area contributed by atoms with E-state index in [-0.39, 0.29) is 24.0 Å². The zero-order valence-electron chi connectivity index (χ0n) is 12.7. The smallest absolute Gasteiger partial charge is 0.221 e. The van der Waals surface area contributed by atoms with E-state index in [1.165, 1.54) is 6.92 Å². The van der Waals surface area contributed by atoms with E-state index in [9.17, 15) is 14.4 Å². The molecule has 2 amide bonds. The topological polar surface area (TPSA) is 87.3 Å². The van der Waals surface area contributed by atoms with Crippen LogP contribution in [0.25, 0.3) is 0 Å². The molecule has 0 aromatic carbocycles. The highest BCUT2D eigenvalue weighted by Crippen LogP contribution is 2.19. The molecule has 0 radical (unpaired) electrons. The van der Waals surface area contributed by atoms with Crippen LogP contribution in [0.3, 0.4) is 0 Å². The maximum Gasteiger partial charge on any atom is 0.221 e. The third-order valence-corrected chi connectivity index (χ3v) is 4.81. The molecule has 0 rings (SSSR count). The molecule has 0 aromatic heterocycles. The second-order valence-electron chi connectivity index (χ2n) is 4.40. The van der Waals surface area contributed by atoms with E-state index in [0.717, 1.165) is 11.5 Å². The summed E-state index contributed by atoms with van der Waals surface area (Å²) in [5.41, 5.74) is 0. The van der Waals surface area contributed by atoms with Gasteiger partial charge in [0.15, 0.2) is 0 Å². The van der Waals surface area contributed by atoms with Crippen molar-refractivity contribution in [3.63, 3.8) is 0 Å². The quantitative estimate of drug-likeness (QED) is 0.337. The van der Waals surface area contributed by atoms with Crippen molar-refractivity contribution in [3.8, 4) is 0 Å². The molecule has 0 fully saturated rings. The van der Waals surface area contributed by atoms with Gasteiger partial charge < -0.3 is 20.7 Å². The van der Waals surface area contributed by atoms with Crippen LogP contribution in [0.4, 0.5) is 0 Å². The first-order valence-electron chi connectivity index (χ1n) is 6.98. The lowest BCUT2D eigenvalue weighted by Gasteiger charge is -2.05. The third-order valence-electron chi connectivity index (χ3n) is 2.40. The molecule has 21 heavy (non-hydrogen) atoms. The fourth-order valence-electron chi connectivity index (χ4n) is 1.29. The lowest BCUT2D eigenvalue weighted by atomic mass is 10.2. The van der Waals surface area contributed by atoms with E-state index in [1.807, 2.05) is 7.05 Å². The van der Waals surface area contributed by atoms with Gasteiger partial charge in [-0.25, -0.2) is 0 Å². The van der Waals surface area contributed by atoms with Gasteiger partial charge in [0, 0.05) is 50.4 Å². The molecule has 6 nitrogen and oxygen atoms in total. The van der Waals surface area contributed by atoms with Crippen molar-refractivity contribution in [1.29, 1.82) is 0 Å². The maximum atomic E-state index is 11.3. The van der Waals surface area contributed by atoms with Crippen molar-refractivity contribution in [2.75, 3.05) is 38.2 Å². The molecular weight excluding hydrogens is 310 g/mol.